The highest BCUT2D eigenvalue weighted by molar-refractivity contribution is 5.78. The van der Waals surface area contributed by atoms with Crippen LogP contribution in [0.5, 0.6) is 5.75 Å². The van der Waals surface area contributed by atoms with E-state index in [1.807, 2.05) is 0 Å². The molecule has 0 N–H and O–H groups in total. The van der Waals surface area contributed by atoms with Crippen LogP contribution in [-0.4, -0.2) is 42.7 Å². The van der Waals surface area contributed by atoms with Crippen molar-refractivity contribution >= 4 is 5.97 Å². The van der Waals surface area contributed by atoms with Gasteiger partial charge in [0.15, 0.2) is 0 Å². The van der Waals surface area contributed by atoms with Crippen molar-refractivity contribution in [3.8, 4) is 5.75 Å². The normalized spacial score (nSPS) is 36.9. The van der Waals surface area contributed by atoms with Crippen LogP contribution in [0.25, 0.3) is 0 Å². The minimum Gasteiger partial charge on any atom is -0.492 e. The number of esters is 1. The molecule has 0 bridgehead atoms. The molecule has 0 aromatic heterocycles. The van der Waals surface area contributed by atoms with Gasteiger partial charge < -0.3 is 9.47 Å². The monoisotopic (exact) mass is 507 g/mol. The van der Waals surface area contributed by atoms with E-state index in [2.05, 4.69) is 43.9 Å². The second kappa shape index (κ2) is 9.88. The van der Waals surface area contributed by atoms with Gasteiger partial charge in [-0.3, -0.25) is 9.69 Å². The quantitative estimate of drug-likeness (QED) is 0.379. The molecule has 4 nitrogen and oxygen atoms in total. The Balaban J connectivity index is 1.14. The lowest BCUT2D eigenvalue weighted by atomic mass is 9.52. The number of rotatable bonds is 6. The van der Waals surface area contributed by atoms with E-state index in [-0.39, 0.29) is 22.4 Å². The summed E-state index contributed by atoms with van der Waals surface area (Å²) in [4.78, 5) is 15.9. The zero-order chi connectivity index (χ0) is 25.7. The van der Waals surface area contributed by atoms with Crippen LogP contribution in [0.4, 0.5) is 0 Å². The van der Waals surface area contributed by atoms with Crippen LogP contribution in [0.2, 0.25) is 0 Å². The zero-order valence-electron chi connectivity index (χ0n) is 23.7. The summed E-state index contributed by atoms with van der Waals surface area (Å²) in [5.41, 5.74) is 2.77. The Morgan fingerprint density at radius 1 is 1.00 bits per heavy atom. The molecule has 2 aliphatic heterocycles. The molecule has 204 valence electrons. The van der Waals surface area contributed by atoms with Gasteiger partial charge in [0.2, 0.25) is 0 Å². The molecule has 5 atom stereocenters. The largest absolute Gasteiger partial charge is 0.492 e. The highest BCUT2D eigenvalue weighted by Crippen LogP contribution is 2.68. The predicted octanol–water partition coefficient (Wildman–Crippen LogP) is 7.29. The van der Waals surface area contributed by atoms with E-state index in [0.29, 0.717) is 11.8 Å². The summed E-state index contributed by atoms with van der Waals surface area (Å²) in [5.74, 6) is 3.21. The summed E-state index contributed by atoms with van der Waals surface area (Å²) < 4.78 is 12.8. The molecule has 1 aromatic carbocycles. The lowest BCUT2D eigenvalue weighted by Crippen LogP contribution is -2.57. The highest BCUT2D eigenvalue weighted by Gasteiger charge is 2.66. The molecule has 1 aromatic rings. The summed E-state index contributed by atoms with van der Waals surface area (Å²) in [6.45, 7) is 11.1. The molecule has 2 saturated heterocycles. The molecular formula is C33H49NO3. The zero-order valence-corrected chi connectivity index (χ0v) is 23.7. The van der Waals surface area contributed by atoms with Crippen molar-refractivity contribution in [1.82, 2.24) is 4.90 Å². The molecule has 4 unspecified atom stereocenters. The SMILES string of the molecule is CCC1(CC)CC[C@@]2(CCC3C4CCc5cc(OCCN6CCCCC6)ccc5C4CCC32C)OC1=O. The topological polar surface area (TPSA) is 38.8 Å². The minimum atomic E-state index is -0.242. The van der Waals surface area contributed by atoms with Crippen LogP contribution in [0.3, 0.4) is 0 Å². The molecule has 2 saturated carbocycles. The Labute approximate surface area is 224 Å². The third-order valence-electron chi connectivity index (χ3n) is 12.2. The number of aryl methyl sites for hydroxylation is 1. The van der Waals surface area contributed by atoms with E-state index >= 15 is 0 Å². The van der Waals surface area contributed by atoms with Gasteiger partial charge in [0.05, 0.1) is 5.41 Å². The average Bonchev–Trinajstić information content (AvgIpc) is 3.21. The number of benzene rings is 1. The first-order valence-corrected chi connectivity index (χ1v) is 15.6. The summed E-state index contributed by atoms with van der Waals surface area (Å²) >= 11 is 0. The van der Waals surface area contributed by atoms with Gasteiger partial charge in [0, 0.05) is 12.0 Å². The van der Waals surface area contributed by atoms with Crippen molar-refractivity contribution in [2.75, 3.05) is 26.2 Å². The van der Waals surface area contributed by atoms with Crippen LogP contribution in [0, 0.1) is 22.7 Å². The van der Waals surface area contributed by atoms with Crippen molar-refractivity contribution in [2.24, 2.45) is 22.7 Å². The van der Waals surface area contributed by atoms with E-state index < -0.39 is 0 Å². The fourth-order valence-electron chi connectivity index (χ4n) is 9.57. The Bertz CT molecular complexity index is 995. The maximum atomic E-state index is 13.4. The number of hydrogen-bond acceptors (Lipinski definition) is 4. The molecule has 0 amide bonds. The molecule has 6 rings (SSSR count). The Morgan fingerprint density at radius 3 is 2.57 bits per heavy atom. The summed E-state index contributed by atoms with van der Waals surface area (Å²) in [6.07, 6.45) is 15.1. The molecule has 0 radical (unpaired) electrons. The number of fused-ring (bicyclic) bond motifs is 6. The lowest BCUT2D eigenvalue weighted by Gasteiger charge is -2.56. The molecular weight excluding hydrogens is 458 g/mol. The van der Waals surface area contributed by atoms with E-state index in [0.717, 1.165) is 63.3 Å². The summed E-state index contributed by atoms with van der Waals surface area (Å²) in [6, 6.07) is 6.98. The first-order valence-electron chi connectivity index (χ1n) is 15.6. The van der Waals surface area contributed by atoms with E-state index in [4.69, 9.17) is 9.47 Å². The van der Waals surface area contributed by atoms with Gasteiger partial charge in [-0.25, -0.2) is 0 Å². The van der Waals surface area contributed by atoms with Gasteiger partial charge in [0.25, 0.3) is 0 Å². The highest BCUT2D eigenvalue weighted by atomic mass is 16.6. The van der Waals surface area contributed by atoms with E-state index in [1.165, 1.54) is 63.6 Å². The van der Waals surface area contributed by atoms with Gasteiger partial charge >= 0.3 is 5.97 Å². The van der Waals surface area contributed by atoms with Crippen molar-refractivity contribution in [2.45, 2.75) is 116 Å². The molecule has 4 fully saturated rings. The number of piperidine rings is 1. The number of likely N-dealkylation sites (tertiary alicyclic amines) is 1. The number of carbonyl (C=O) groups is 1. The fraction of sp³-hybridized carbons (Fsp3) is 0.788. The molecule has 3 aliphatic carbocycles. The van der Waals surface area contributed by atoms with Crippen LogP contribution < -0.4 is 4.74 Å². The standard InChI is InChI=1S/C33H49NO3/c1-4-32(5-2)17-18-33(37-30(32)35)16-14-29-28-11-9-24-23-25(36-22-21-34-19-7-6-8-20-34)10-12-26(24)27(28)13-15-31(29,33)3/h10,12,23,27-29H,4-9,11,13-22H2,1-3H3/t27?,28?,29?,31?,33-/m1/s1. The second-order valence-corrected chi connectivity index (χ2v) is 13.4. The summed E-state index contributed by atoms with van der Waals surface area (Å²) in [7, 11) is 0. The number of ether oxygens (including phenoxy) is 2. The Hall–Kier alpha value is -1.55. The number of hydrogen-bond donors (Lipinski definition) is 0. The fourth-order valence-corrected chi connectivity index (χ4v) is 9.57. The molecule has 37 heavy (non-hydrogen) atoms. The molecule has 5 aliphatic rings. The van der Waals surface area contributed by atoms with Gasteiger partial charge in [-0.15, -0.1) is 0 Å². The first kappa shape index (κ1) is 25.7. The maximum Gasteiger partial charge on any atom is 0.312 e. The van der Waals surface area contributed by atoms with Crippen molar-refractivity contribution in [3.63, 3.8) is 0 Å². The average molecular weight is 508 g/mol. The number of nitrogens with zero attached hydrogens (tertiary/aromatic N) is 1. The maximum absolute atomic E-state index is 13.4. The van der Waals surface area contributed by atoms with Crippen molar-refractivity contribution in [3.05, 3.63) is 29.3 Å². The van der Waals surface area contributed by atoms with Crippen molar-refractivity contribution < 1.29 is 14.3 Å². The third kappa shape index (κ3) is 4.15. The number of carbonyl (C=O) groups excluding carboxylic acids is 1. The molecule has 1 spiro atoms. The van der Waals surface area contributed by atoms with Gasteiger partial charge in [-0.1, -0.05) is 33.3 Å². The minimum absolute atomic E-state index is 0.106. The molecule has 2 heterocycles. The smallest absolute Gasteiger partial charge is 0.312 e. The van der Waals surface area contributed by atoms with Crippen LogP contribution in [0.1, 0.15) is 115 Å². The first-order chi connectivity index (χ1) is 17.9. The Kier molecular flexibility index (Phi) is 6.87. The Morgan fingerprint density at radius 2 is 1.81 bits per heavy atom. The lowest BCUT2D eigenvalue weighted by molar-refractivity contribution is -0.209. The van der Waals surface area contributed by atoms with Crippen LogP contribution >= 0.6 is 0 Å². The molecule has 4 heteroatoms. The van der Waals surface area contributed by atoms with Crippen LogP contribution in [-0.2, 0) is 16.0 Å². The summed E-state index contributed by atoms with van der Waals surface area (Å²) in [5, 5.41) is 0. The predicted molar refractivity (Wildman–Crippen MR) is 148 cm³/mol. The van der Waals surface area contributed by atoms with E-state index in [9.17, 15) is 4.79 Å². The van der Waals surface area contributed by atoms with Crippen LogP contribution in [0.15, 0.2) is 18.2 Å². The second-order valence-electron chi connectivity index (χ2n) is 13.4. The van der Waals surface area contributed by atoms with E-state index in [1.54, 1.807) is 5.56 Å². The third-order valence-corrected chi connectivity index (χ3v) is 12.2. The van der Waals surface area contributed by atoms with Gasteiger partial charge in [0.1, 0.15) is 18.0 Å². The van der Waals surface area contributed by atoms with Gasteiger partial charge in [-0.05, 0) is 131 Å². The van der Waals surface area contributed by atoms with Gasteiger partial charge in [-0.2, -0.15) is 0 Å². The van der Waals surface area contributed by atoms with Crippen molar-refractivity contribution in [1.29, 1.82) is 0 Å².